The Morgan fingerprint density at radius 1 is 1.13 bits per heavy atom. The summed E-state index contributed by atoms with van der Waals surface area (Å²) in [6, 6.07) is 14.3. The summed E-state index contributed by atoms with van der Waals surface area (Å²) in [6.07, 6.45) is 1.65. The molecule has 0 unspecified atom stereocenters. The van der Waals surface area contributed by atoms with Crippen LogP contribution < -0.4 is 4.72 Å². The molecule has 0 spiro atoms. The van der Waals surface area contributed by atoms with Crippen molar-refractivity contribution >= 4 is 32.8 Å². The maximum atomic E-state index is 13.2. The molecule has 0 aliphatic heterocycles. The smallest absolute Gasteiger partial charge is 0.241 e. The molecule has 30 heavy (non-hydrogen) atoms. The van der Waals surface area contributed by atoms with Gasteiger partial charge in [-0.25, -0.2) is 27.5 Å². The van der Waals surface area contributed by atoms with Crippen molar-refractivity contribution in [3.63, 3.8) is 0 Å². The van der Waals surface area contributed by atoms with Gasteiger partial charge >= 0.3 is 0 Å². The van der Waals surface area contributed by atoms with E-state index in [4.69, 9.17) is 11.6 Å². The van der Waals surface area contributed by atoms with Crippen LogP contribution in [-0.2, 0) is 23.1 Å². The Hall–Kier alpha value is -2.81. The highest BCUT2D eigenvalue weighted by molar-refractivity contribution is 7.89. The number of pyridine rings is 1. The third kappa shape index (κ3) is 4.21. The highest BCUT2D eigenvalue weighted by Gasteiger charge is 2.18. The van der Waals surface area contributed by atoms with Gasteiger partial charge in [-0.1, -0.05) is 29.8 Å². The predicted octanol–water partition coefficient (Wildman–Crippen LogP) is 4.06. The van der Waals surface area contributed by atoms with E-state index in [0.29, 0.717) is 28.6 Å². The molecule has 4 aromatic rings. The number of aromatic nitrogens is 3. The van der Waals surface area contributed by atoms with Gasteiger partial charge in [-0.2, -0.15) is 0 Å². The van der Waals surface area contributed by atoms with Gasteiger partial charge in [0.1, 0.15) is 17.2 Å². The van der Waals surface area contributed by atoms with Gasteiger partial charge in [-0.05, 0) is 54.4 Å². The van der Waals surface area contributed by atoms with Crippen LogP contribution in [0.2, 0.25) is 5.02 Å². The summed E-state index contributed by atoms with van der Waals surface area (Å²) in [5.41, 5.74) is 2.90. The minimum atomic E-state index is -3.79. The van der Waals surface area contributed by atoms with E-state index < -0.39 is 10.0 Å². The second-order valence-corrected chi connectivity index (χ2v) is 9.00. The summed E-state index contributed by atoms with van der Waals surface area (Å²) in [6.45, 7) is 2.14. The zero-order chi connectivity index (χ0) is 21.3. The van der Waals surface area contributed by atoms with E-state index in [1.165, 1.54) is 24.3 Å². The van der Waals surface area contributed by atoms with E-state index in [1.807, 2.05) is 4.57 Å². The average molecular weight is 445 g/mol. The van der Waals surface area contributed by atoms with E-state index in [-0.39, 0.29) is 17.3 Å². The van der Waals surface area contributed by atoms with Crippen LogP contribution in [0.3, 0.4) is 0 Å². The van der Waals surface area contributed by atoms with Crippen molar-refractivity contribution in [3.8, 4) is 0 Å². The number of hydrogen-bond acceptors (Lipinski definition) is 4. The van der Waals surface area contributed by atoms with Crippen molar-refractivity contribution in [1.82, 2.24) is 19.3 Å². The summed E-state index contributed by atoms with van der Waals surface area (Å²) in [4.78, 5) is 8.98. The second-order valence-electron chi connectivity index (χ2n) is 6.82. The van der Waals surface area contributed by atoms with Gasteiger partial charge < -0.3 is 4.57 Å². The number of benzene rings is 2. The molecule has 0 aliphatic rings. The molecule has 9 heteroatoms. The SMILES string of the molecule is Cc1ccc(S(=O)(=O)NCc2nc3cccnc3n2Cc2ccc(F)cc2)cc1Cl. The molecule has 0 fully saturated rings. The molecule has 0 saturated carbocycles. The molecule has 6 nitrogen and oxygen atoms in total. The van der Waals surface area contributed by atoms with Gasteiger partial charge in [0, 0.05) is 11.2 Å². The van der Waals surface area contributed by atoms with Crippen LogP contribution in [0.4, 0.5) is 4.39 Å². The Kier molecular flexibility index (Phi) is 5.55. The first-order chi connectivity index (χ1) is 14.3. The molecule has 2 aromatic carbocycles. The number of sulfonamides is 1. The fraction of sp³-hybridized carbons (Fsp3) is 0.143. The average Bonchev–Trinajstić information content (AvgIpc) is 3.08. The summed E-state index contributed by atoms with van der Waals surface area (Å²) in [5.74, 6) is 0.173. The number of hydrogen-bond donors (Lipinski definition) is 1. The Morgan fingerprint density at radius 2 is 1.90 bits per heavy atom. The van der Waals surface area contributed by atoms with Crippen LogP contribution in [0.5, 0.6) is 0 Å². The lowest BCUT2D eigenvalue weighted by atomic mass is 10.2. The van der Waals surface area contributed by atoms with Crippen molar-refractivity contribution in [1.29, 1.82) is 0 Å². The number of nitrogens with one attached hydrogen (secondary N) is 1. The van der Waals surface area contributed by atoms with Crippen molar-refractivity contribution < 1.29 is 12.8 Å². The van der Waals surface area contributed by atoms with Gasteiger partial charge in [-0.3, -0.25) is 0 Å². The van der Waals surface area contributed by atoms with Crippen LogP contribution in [0.15, 0.2) is 65.7 Å². The van der Waals surface area contributed by atoms with Crippen LogP contribution in [0.25, 0.3) is 11.2 Å². The largest absolute Gasteiger partial charge is 0.307 e. The normalized spacial score (nSPS) is 11.8. The van der Waals surface area contributed by atoms with Crippen LogP contribution in [0.1, 0.15) is 17.0 Å². The van der Waals surface area contributed by atoms with Gasteiger partial charge in [0.2, 0.25) is 10.0 Å². The summed E-state index contributed by atoms with van der Waals surface area (Å²) in [7, 11) is -3.79. The number of nitrogens with zero attached hydrogens (tertiary/aromatic N) is 3. The monoisotopic (exact) mass is 444 g/mol. The van der Waals surface area contributed by atoms with Gasteiger partial charge in [0.05, 0.1) is 18.0 Å². The zero-order valence-electron chi connectivity index (χ0n) is 16.0. The lowest BCUT2D eigenvalue weighted by Crippen LogP contribution is -2.25. The standard InChI is InChI=1S/C21H18ClFN4O2S/c1-14-4-9-17(11-18(14)22)30(28,29)25-12-20-26-19-3-2-10-24-21(19)27(20)13-15-5-7-16(23)8-6-15/h2-11,25H,12-13H2,1H3. The molecule has 0 atom stereocenters. The van der Waals surface area contributed by atoms with E-state index in [2.05, 4.69) is 14.7 Å². The number of fused-ring (bicyclic) bond motifs is 1. The molecule has 2 aromatic heterocycles. The lowest BCUT2D eigenvalue weighted by molar-refractivity contribution is 0.576. The van der Waals surface area contributed by atoms with E-state index >= 15 is 0 Å². The highest BCUT2D eigenvalue weighted by Crippen LogP contribution is 2.21. The van der Waals surface area contributed by atoms with Crippen LogP contribution in [0, 0.1) is 12.7 Å². The van der Waals surface area contributed by atoms with E-state index in [1.54, 1.807) is 43.5 Å². The molecular formula is C21H18ClFN4O2S. The summed E-state index contributed by atoms with van der Waals surface area (Å²) in [5, 5.41) is 0.380. The summed E-state index contributed by atoms with van der Waals surface area (Å²) >= 11 is 6.07. The number of imidazole rings is 1. The van der Waals surface area contributed by atoms with Crippen molar-refractivity contribution in [3.05, 3.63) is 88.6 Å². The Labute approximate surface area is 178 Å². The molecule has 0 radical (unpaired) electrons. The molecule has 0 amide bonds. The molecule has 0 saturated heterocycles. The maximum absolute atomic E-state index is 13.2. The van der Waals surface area contributed by atoms with E-state index in [0.717, 1.165) is 11.1 Å². The first-order valence-electron chi connectivity index (χ1n) is 9.14. The fourth-order valence-corrected chi connectivity index (χ4v) is 4.31. The Bertz CT molecular complexity index is 1320. The third-order valence-electron chi connectivity index (χ3n) is 4.71. The predicted molar refractivity (Wildman–Crippen MR) is 113 cm³/mol. The van der Waals surface area contributed by atoms with Gasteiger partial charge in [0.25, 0.3) is 0 Å². The molecule has 154 valence electrons. The summed E-state index contributed by atoms with van der Waals surface area (Å²) < 4.78 is 43.1. The number of aryl methyl sites for hydroxylation is 1. The third-order valence-corrected chi connectivity index (χ3v) is 6.52. The fourth-order valence-electron chi connectivity index (χ4n) is 3.06. The zero-order valence-corrected chi connectivity index (χ0v) is 17.6. The second kappa shape index (κ2) is 8.14. The Morgan fingerprint density at radius 3 is 2.63 bits per heavy atom. The molecule has 4 rings (SSSR count). The molecule has 1 N–H and O–H groups in total. The van der Waals surface area contributed by atoms with Gasteiger partial charge in [0.15, 0.2) is 5.65 Å². The van der Waals surface area contributed by atoms with Crippen molar-refractivity contribution in [2.24, 2.45) is 0 Å². The highest BCUT2D eigenvalue weighted by atomic mass is 35.5. The topological polar surface area (TPSA) is 76.9 Å². The molecule has 2 heterocycles. The molecule has 0 aliphatic carbocycles. The maximum Gasteiger partial charge on any atom is 0.241 e. The van der Waals surface area contributed by atoms with Crippen LogP contribution in [-0.4, -0.2) is 23.0 Å². The van der Waals surface area contributed by atoms with E-state index in [9.17, 15) is 12.8 Å². The minimum absolute atomic E-state index is 0.0363. The molecular weight excluding hydrogens is 427 g/mol. The van der Waals surface area contributed by atoms with Crippen molar-refractivity contribution in [2.45, 2.75) is 24.9 Å². The minimum Gasteiger partial charge on any atom is -0.307 e. The van der Waals surface area contributed by atoms with Crippen molar-refractivity contribution in [2.75, 3.05) is 0 Å². The van der Waals surface area contributed by atoms with Crippen LogP contribution >= 0.6 is 11.6 Å². The Balaban J connectivity index is 1.65. The first-order valence-corrected chi connectivity index (χ1v) is 11.0. The van der Waals surface area contributed by atoms with Gasteiger partial charge in [-0.15, -0.1) is 0 Å². The number of rotatable bonds is 6. The lowest BCUT2D eigenvalue weighted by Gasteiger charge is -2.11. The quantitative estimate of drug-likeness (QED) is 0.486. The number of halogens is 2. The first kappa shape index (κ1) is 20.5. The molecule has 0 bridgehead atoms.